The maximum absolute atomic E-state index is 13.9. The Labute approximate surface area is 171 Å². The topological polar surface area (TPSA) is 88.3 Å². The molecule has 0 aliphatic heterocycles. The van der Waals surface area contributed by atoms with Gasteiger partial charge in [-0.05, 0) is 30.3 Å². The maximum Gasteiger partial charge on any atom is 0.323 e. The summed E-state index contributed by atoms with van der Waals surface area (Å²) in [5.74, 6) is 0.677. The van der Waals surface area contributed by atoms with Crippen LogP contribution < -0.4 is 20.1 Å². The number of benzene rings is 2. The molecule has 3 N–H and O–H groups in total. The summed E-state index contributed by atoms with van der Waals surface area (Å²) in [6.45, 7) is 0. The Balaban J connectivity index is 1.69. The van der Waals surface area contributed by atoms with Crippen molar-refractivity contribution in [1.29, 1.82) is 0 Å². The second-order valence-electron chi connectivity index (χ2n) is 6.48. The Morgan fingerprint density at radius 1 is 0.967 bits per heavy atom. The monoisotopic (exact) mass is 406 g/mol. The molecular weight excluding hydrogens is 387 g/mol. The normalized spacial score (nSPS) is 10.6. The van der Waals surface area contributed by atoms with Gasteiger partial charge in [0.1, 0.15) is 17.3 Å². The van der Waals surface area contributed by atoms with E-state index in [0.29, 0.717) is 39.5 Å². The third-order valence-corrected chi connectivity index (χ3v) is 4.58. The fraction of sp³-hybridized carbons (Fsp3) is 0.0909. The largest absolute Gasteiger partial charge is 0.497 e. The van der Waals surface area contributed by atoms with E-state index in [0.717, 1.165) is 5.56 Å². The smallest absolute Gasteiger partial charge is 0.323 e. The van der Waals surface area contributed by atoms with Crippen LogP contribution in [0.1, 0.15) is 0 Å². The second kappa shape index (κ2) is 8.12. The highest BCUT2D eigenvalue weighted by molar-refractivity contribution is 6.10. The molecule has 0 spiro atoms. The summed E-state index contributed by atoms with van der Waals surface area (Å²) in [5.41, 5.74) is 3.10. The fourth-order valence-corrected chi connectivity index (χ4v) is 3.18. The van der Waals surface area contributed by atoms with Crippen molar-refractivity contribution in [3.05, 3.63) is 66.7 Å². The van der Waals surface area contributed by atoms with Crippen LogP contribution in [0.25, 0.3) is 22.2 Å². The first kappa shape index (κ1) is 19.3. The fourth-order valence-electron chi connectivity index (χ4n) is 3.18. The van der Waals surface area contributed by atoms with E-state index in [1.165, 1.54) is 26.4 Å². The molecule has 8 heteroatoms. The third kappa shape index (κ3) is 3.88. The number of methoxy groups -OCH3 is 2. The van der Waals surface area contributed by atoms with Crippen molar-refractivity contribution in [2.45, 2.75) is 0 Å². The van der Waals surface area contributed by atoms with Gasteiger partial charge in [-0.25, -0.2) is 9.18 Å². The number of nitrogens with one attached hydrogen (secondary N) is 3. The predicted octanol–water partition coefficient (Wildman–Crippen LogP) is 5.03. The molecule has 0 unspecified atom stereocenters. The summed E-state index contributed by atoms with van der Waals surface area (Å²) in [7, 11) is 3.06. The zero-order valence-electron chi connectivity index (χ0n) is 16.3. The molecule has 4 aromatic rings. The summed E-state index contributed by atoms with van der Waals surface area (Å²) in [6.07, 6.45) is 3.29. The number of aromatic nitrogens is 2. The minimum atomic E-state index is -0.495. The molecule has 7 nitrogen and oxygen atoms in total. The van der Waals surface area contributed by atoms with Gasteiger partial charge in [0.05, 0.1) is 25.6 Å². The van der Waals surface area contributed by atoms with Gasteiger partial charge in [0, 0.05) is 52.7 Å². The van der Waals surface area contributed by atoms with Gasteiger partial charge < -0.3 is 25.1 Å². The van der Waals surface area contributed by atoms with Crippen LogP contribution in [0.2, 0.25) is 0 Å². The highest BCUT2D eigenvalue weighted by atomic mass is 19.1. The summed E-state index contributed by atoms with van der Waals surface area (Å²) >= 11 is 0. The van der Waals surface area contributed by atoms with E-state index in [1.54, 1.807) is 48.8 Å². The minimum absolute atomic E-state index is 0.399. The molecule has 0 aliphatic carbocycles. The van der Waals surface area contributed by atoms with Crippen molar-refractivity contribution in [2.75, 3.05) is 24.9 Å². The lowest BCUT2D eigenvalue weighted by molar-refractivity contribution is 0.262. The molecule has 30 heavy (non-hydrogen) atoms. The number of ether oxygens (including phenoxy) is 2. The van der Waals surface area contributed by atoms with Gasteiger partial charge in [0.2, 0.25) is 0 Å². The van der Waals surface area contributed by atoms with E-state index in [2.05, 4.69) is 20.6 Å². The number of carbonyl (C=O) groups is 1. The standard InChI is InChI=1S/C22H19FN4O3/c1-29-16-10-15(11-17(12-16)30-2)25-22(28)27-21-18-9-14(23)3-4-19(18)26-20(21)13-5-7-24-8-6-13/h3-12,26H,1-2H3,(H2,25,27,28). The molecule has 0 bridgehead atoms. The number of hydrogen-bond acceptors (Lipinski definition) is 4. The lowest BCUT2D eigenvalue weighted by atomic mass is 10.1. The van der Waals surface area contributed by atoms with Crippen molar-refractivity contribution in [1.82, 2.24) is 9.97 Å². The quantitative estimate of drug-likeness (QED) is 0.434. The SMILES string of the molecule is COc1cc(NC(=O)Nc2c(-c3ccncc3)[nH]c3ccc(F)cc23)cc(OC)c1. The van der Waals surface area contributed by atoms with E-state index < -0.39 is 11.8 Å². The maximum atomic E-state index is 13.9. The zero-order valence-corrected chi connectivity index (χ0v) is 16.3. The first-order valence-corrected chi connectivity index (χ1v) is 9.10. The number of anilines is 2. The molecule has 0 saturated heterocycles. The van der Waals surface area contributed by atoms with Crippen LogP contribution in [0.15, 0.2) is 60.9 Å². The number of pyridine rings is 1. The van der Waals surface area contributed by atoms with Crippen LogP contribution >= 0.6 is 0 Å². The minimum Gasteiger partial charge on any atom is -0.497 e. The lowest BCUT2D eigenvalue weighted by Crippen LogP contribution is -2.19. The highest BCUT2D eigenvalue weighted by Gasteiger charge is 2.17. The average Bonchev–Trinajstić information content (AvgIpc) is 3.11. The molecule has 0 aliphatic rings. The van der Waals surface area contributed by atoms with Gasteiger partial charge in [-0.3, -0.25) is 4.98 Å². The van der Waals surface area contributed by atoms with Crippen LogP contribution in [0.4, 0.5) is 20.6 Å². The van der Waals surface area contributed by atoms with Crippen LogP contribution in [0.5, 0.6) is 11.5 Å². The van der Waals surface area contributed by atoms with Gasteiger partial charge >= 0.3 is 6.03 Å². The molecule has 152 valence electrons. The van der Waals surface area contributed by atoms with E-state index in [1.807, 2.05) is 0 Å². The number of amides is 2. The summed E-state index contributed by atoms with van der Waals surface area (Å²) in [5, 5.41) is 6.15. The van der Waals surface area contributed by atoms with Gasteiger partial charge in [-0.1, -0.05) is 0 Å². The van der Waals surface area contributed by atoms with Crippen LogP contribution in [0, 0.1) is 5.82 Å². The first-order valence-electron chi connectivity index (χ1n) is 9.10. The number of H-pyrrole nitrogens is 1. The Kier molecular flexibility index (Phi) is 5.21. The Morgan fingerprint density at radius 3 is 2.33 bits per heavy atom. The Morgan fingerprint density at radius 2 is 1.67 bits per heavy atom. The Hall–Kier alpha value is -4.07. The van der Waals surface area contributed by atoms with E-state index in [-0.39, 0.29) is 0 Å². The van der Waals surface area contributed by atoms with Gasteiger partial charge in [-0.15, -0.1) is 0 Å². The number of carbonyl (C=O) groups excluding carboxylic acids is 1. The van der Waals surface area contributed by atoms with Crippen molar-refractivity contribution >= 4 is 28.3 Å². The predicted molar refractivity (Wildman–Crippen MR) is 114 cm³/mol. The molecule has 4 rings (SSSR count). The van der Waals surface area contributed by atoms with E-state index >= 15 is 0 Å². The number of nitrogens with zero attached hydrogens (tertiary/aromatic N) is 1. The molecular formula is C22H19FN4O3. The van der Waals surface area contributed by atoms with Crippen LogP contribution in [-0.2, 0) is 0 Å². The summed E-state index contributed by atoms with van der Waals surface area (Å²) in [4.78, 5) is 20.0. The lowest BCUT2D eigenvalue weighted by Gasteiger charge is -2.12. The number of aromatic amines is 1. The van der Waals surface area contributed by atoms with Crippen molar-refractivity contribution < 1.29 is 18.7 Å². The Bertz CT molecular complexity index is 1190. The highest BCUT2D eigenvalue weighted by Crippen LogP contribution is 2.35. The van der Waals surface area contributed by atoms with Crippen molar-refractivity contribution in [2.24, 2.45) is 0 Å². The molecule has 2 amide bonds. The number of urea groups is 1. The van der Waals surface area contributed by atoms with Gasteiger partial charge in [-0.2, -0.15) is 0 Å². The van der Waals surface area contributed by atoms with Gasteiger partial charge in [0.25, 0.3) is 0 Å². The molecule has 0 saturated carbocycles. The number of fused-ring (bicyclic) bond motifs is 1. The molecule has 0 fully saturated rings. The van der Waals surface area contributed by atoms with Crippen molar-refractivity contribution in [3.63, 3.8) is 0 Å². The molecule has 0 radical (unpaired) electrons. The molecule has 2 heterocycles. The molecule has 2 aromatic heterocycles. The first-order chi connectivity index (χ1) is 14.6. The van der Waals surface area contributed by atoms with E-state index in [4.69, 9.17) is 9.47 Å². The van der Waals surface area contributed by atoms with E-state index in [9.17, 15) is 9.18 Å². The third-order valence-electron chi connectivity index (χ3n) is 4.58. The number of halogens is 1. The summed E-state index contributed by atoms with van der Waals surface area (Å²) in [6, 6.07) is 12.5. The van der Waals surface area contributed by atoms with Crippen LogP contribution in [-0.4, -0.2) is 30.2 Å². The summed E-state index contributed by atoms with van der Waals surface area (Å²) < 4.78 is 24.4. The van der Waals surface area contributed by atoms with Gasteiger partial charge in [0.15, 0.2) is 0 Å². The average molecular weight is 406 g/mol. The van der Waals surface area contributed by atoms with Crippen molar-refractivity contribution in [3.8, 4) is 22.8 Å². The molecule has 0 atom stereocenters. The zero-order chi connectivity index (χ0) is 21.1. The number of rotatable bonds is 5. The molecule has 2 aromatic carbocycles. The number of hydrogen-bond donors (Lipinski definition) is 3. The second-order valence-corrected chi connectivity index (χ2v) is 6.48. The van der Waals surface area contributed by atoms with Crippen LogP contribution in [0.3, 0.4) is 0 Å².